The lowest BCUT2D eigenvalue weighted by atomic mass is 10.0. The van der Waals surface area contributed by atoms with Gasteiger partial charge in [-0.1, -0.05) is 65.8 Å². The number of benzene rings is 3. The molecule has 0 aliphatic rings. The topological polar surface area (TPSA) is 94.3 Å². The van der Waals surface area contributed by atoms with Crippen molar-refractivity contribution in [3.63, 3.8) is 0 Å². The van der Waals surface area contributed by atoms with Crippen molar-refractivity contribution in [3.05, 3.63) is 96.1 Å². The highest BCUT2D eigenvalue weighted by Gasteiger charge is 2.16. The largest absolute Gasteiger partial charge is 0.452 e. The zero-order valence-electron chi connectivity index (χ0n) is 17.9. The number of rotatable bonds is 8. The molecule has 0 saturated carbocycles. The van der Waals surface area contributed by atoms with E-state index >= 15 is 0 Å². The number of aryl methyl sites for hydroxylation is 1. The van der Waals surface area contributed by atoms with Gasteiger partial charge < -0.3 is 14.6 Å². The predicted octanol–water partition coefficient (Wildman–Crippen LogP) is 5.13. The van der Waals surface area contributed by atoms with E-state index in [1.807, 2.05) is 60.7 Å². The Balaban J connectivity index is 1.37. The summed E-state index contributed by atoms with van der Waals surface area (Å²) in [4.78, 5) is 30.0. The monoisotopic (exact) mass is 459 g/mol. The molecule has 7 nitrogen and oxygen atoms in total. The Morgan fingerprint density at radius 3 is 2.48 bits per heavy atom. The number of nitrogens with zero attached hydrogens (tertiary/aromatic N) is 2. The van der Waals surface area contributed by atoms with Gasteiger partial charge in [0.05, 0.1) is 11.3 Å². The van der Waals surface area contributed by atoms with Crippen molar-refractivity contribution in [2.24, 2.45) is 0 Å². The minimum atomic E-state index is -0.577. The summed E-state index contributed by atoms with van der Waals surface area (Å²) in [6, 6.07) is 24.3. The van der Waals surface area contributed by atoms with Gasteiger partial charge in [0.2, 0.25) is 5.89 Å². The number of nitrogens with one attached hydrogen (secondary N) is 1. The highest BCUT2D eigenvalue weighted by Crippen LogP contribution is 2.28. The van der Waals surface area contributed by atoms with Gasteiger partial charge in [-0.15, -0.1) is 11.8 Å². The first-order chi connectivity index (χ1) is 16.1. The van der Waals surface area contributed by atoms with E-state index in [1.54, 1.807) is 25.1 Å². The molecule has 4 aromatic rings. The minimum absolute atomic E-state index is 0.372. The Labute approximate surface area is 195 Å². The summed E-state index contributed by atoms with van der Waals surface area (Å²) in [5.41, 5.74) is 2.88. The number of aromatic nitrogens is 2. The lowest BCUT2D eigenvalue weighted by Gasteiger charge is -2.12. The van der Waals surface area contributed by atoms with Gasteiger partial charge in [-0.05, 0) is 30.7 Å². The summed E-state index contributed by atoms with van der Waals surface area (Å²) in [7, 11) is 0. The first-order valence-electron chi connectivity index (χ1n) is 10.2. The van der Waals surface area contributed by atoms with Crippen molar-refractivity contribution in [3.8, 4) is 11.1 Å². The van der Waals surface area contributed by atoms with Crippen molar-refractivity contribution in [2.45, 2.75) is 17.6 Å². The highest BCUT2D eigenvalue weighted by atomic mass is 32.2. The molecule has 1 heterocycles. The number of para-hydroxylation sites is 1. The molecule has 0 aliphatic carbocycles. The average Bonchev–Trinajstić information content (AvgIpc) is 3.27. The number of hydrogen-bond donors (Lipinski definition) is 1. The van der Waals surface area contributed by atoms with Crippen molar-refractivity contribution >= 4 is 29.3 Å². The van der Waals surface area contributed by atoms with Crippen molar-refractivity contribution in [1.82, 2.24) is 10.1 Å². The molecule has 33 heavy (non-hydrogen) atoms. The lowest BCUT2D eigenvalue weighted by molar-refractivity contribution is -0.119. The van der Waals surface area contributed by atoms with Crippen LogP contribution in [-0.4, -0.2) is 28.6 Å². The van der Waals surface area contributed by atoms with E-state index in [9.17, 15) is 9.59 Å². The smallest absolute Gasteiger partial charge is 0.339 e. The zero-order valence-corrected chi connectivity index (χ0v) is 18.7. The maximum absolute atomic E-state index is 12.7. The number of thioether (sulfide) groups is 1. The van der Waals surface area contributed by atoms with E-state index < -0.39 is 18.5 Å². The maximum atomic E-state index is 12.7. The van der Waals surface area contributed by atoms with E-state index in [1.165, 1.54) is 11.8 Å². The number of hydrogen-bond acceptors (Lipinski definition) is 7. The maximum Gasteiger partial charge on any atom is 0.339 e. The third-order valence-electron chi connectivity index (χ3n) is 4.65. The van der Waals surface area contributed by atoms with Crippen LogP contribution in [0.3, 0.4) is 0 Å². The van der Waals surface area contributed by atoms with Crippen LogP contribution in [0.15, 0.2) is 88.3 Å². The molecule has 0 fully saturated rings. The molecule has 4 rings (SSSR count). The highest BCUT2D eigenvalue weighted by molar-refractivity contribution is 7.98. The molecule has 0 spiro atoms. The molecule has 0 aliphatic heterocycles. The Bertz CT molecular complexity index is 1260. The van der Waals surface area contributed by atoms with Crippen LogP contribution in [0.5, 0.6) is 0 Å². The Morgan fingerprint density at radius 2 is 1.70 bits per heavy atom. The van der Waals surface area contributed by atoms with Crippen LogP contribution >= 0.6 is 11.8 Å². The number of carbonyl (C=O) groups excluding carboxylic acids is 2. The van der Waals surface area contributed by atoms with Gasteiger partial charge in [-0.2, -0.15) is 4.98 Å². The van der Waals surface area contributed by atoms with Crippen LogP contribution in [0.2, 0.25) is 0 Å². The van der Waals surface area contributed by atoms with Crippen LogP contribution in [0.4, 0.5) is 5.69 Å². The molecule has 166 valence electrons. The molecule has 0 bridgehead atoms. The number of anilines is 1. The number of amides is 1. The number of esters is 1. The Kier molecular flexibility index (Phi) is 7.16. The van der Waals surface area contributed by atoms with Crippen LogP contribution in [0.1, 0.15) is 22.1 Å². The third kappa shape index (κ3) is 5.87. The quantitative estimate of drug-likeness (QED) is 0.288. The summed E-state index contributed by atoms with van der Waals surface area (Å²) in [6.45, 7) is 1.34. The molecule has 1 aromatic heterocycles. The van der Waals surface area contributed by atoms with Gasteiger partial charge in [0, 0.05) is 16.1 Å². The fourth-order valence-electron chi connectivity index (χ4n) is 3.16. The van der Waals surface area contributed by atoms with Gasteiger partial charge >= 0.3 is 5.97 Å². The van der Waals surface area contributed by atoms with E-state index in [2.05, 4.69) is 15.5 Å². The van der Waals surface area contributed by atoms with Gasteiger partial charge in [0.15, 0.2) is 12.4 Å². The fraction of sp³-hybridized carbons (Fsp3) is 0.120. The normalized spacial score (nSPS) is 10.6. The summed E-state index contributed by atoms with van der Waals surface area (Å²) >= 11 is 1.38. The SMILES string of the molecule is Cc1noc(CSc2ccccc2C(=O)OCC(=O)Nc2ccccc2-c2ccccc2)n1. The molecule has 1 N–H and O–H groups in total. The predicted molar refractivity (Wildman–Crippen MR) is 126 cm³/mol. The Hall–Kier alpha value is -3.91. The van der Waals surface area contributed by atoms with Crippen molar-refractivity contribution in [1.29, 1.82) is 0 Å². The lowest BCUT2D eigenvalue weighted by Crippen LogP contribution is -2.21. The van der Waals surface area contributed by atoms with E-state index in [4.69, 9.17) is 9.26 Å². The van der Waals surface area contributed by atoms with E-state index in [-0.39, 0.29) is 0 Å². The zero-order chi connectivity index (χ0) is 23.0. The minimum Gasteiger partial charge on any atom is -0.452 e. The van der Waals surface area contributed by atoms with Crippen molar-refractivity contribution < 1.29 is 18.8 Å². The summed E-state index contributed by atoms with van der Waals surface area (Å²) in [5, 5.41) is 6.59. The molecule has 0 saturated heterocycles. The molecule has 0 unspecified atom stereocenters. The summed E-state index contributed by atoms with van der Waals surface area (Å²) in [5.74, 6) is 0.446. The second-order valence-electron chi connectivity index (χ2n) is 7.06. The molecular formula is C25H21N3O4S. The molecule has 1 amide bonds. The second-order valence-corrected chi connectivity index (χ2v) is 8.07. The average molecular weight is 460 g/mol. The van der Waals surface area contributed by atoms with E-state index in [0.717, 1.165) is 11.1 Å². The number of ether oxygens (including phenoxy) is 1. The standard InChI is InChI=1S/C25H21N3O4S/c1-17-26-24(32-28-17)16-33-22-14-8-6-12-20(22)25(30)31-15-23(29)27-21-13-7-5-11-19(21)18-9-3-2-4-10-18/h2-14H,15-16H2,1H3,(H,27,29). The van der Waals surface area contributed by atoms with Gasteiger partial charge in [0.1, 0.15) is 0 Å². The third-order valence-corrected chi connectivity index (χ3v) is 5.71. The van der Waals surface area contributed by atoms with Gasteiger partial charge in [0.25, 0.3) is 5.91 Å². The van der Waals surface area contributed by atoms with Gasteiger partial charge in [-0.25, -0.2) is 4.79 Å². The molecule has 8 heteroatoms. The summed E-state index contributed by atoms with van der Waals surface area (Å²) < 4.78 is 10.4. The van der Waals surface area contributed by atoms with Crippen LogP contribution in [0.25, 0.3) is 11.1 Å². The van der Waals surface area contributed by atoms with Gasteiger partial charge in [-0.3, -0.25) is 4.79 Å². The molecule has 0 radical (unpaired) electrons. The molecule has 3 aromatic carbocycles. The summed E-state index contributed by atoms with van der Waals surface area (Å²) in [6.07, 6.45) is 0. The van der Waals surface area contributed by atoms with Crippen LogP contribution in [0, 0.1) is 6.92 Å². The Morgan fingerprint density at radius 1 is 0.970 bits per heavy atom. The fourth-order valence-corrected chi connectivity index (χ4v) is 4.03. The van der Waals surface area contributed by atoms with E-state index in [0.29, 0.717) is 33.6 Å². The molecular weight excluding hydrogens is 438 g/mol. The molecule has 0 atom stereocenters. The first-order valence-corrected chi connectivity index (χ1v) is 11.2. The first kappa shape index (κ1) is 22.3. The number of carbonyl (C=O) groups is 2. The van der Waals surface area contributed by atoms with Crippen LogP contribution in [-0.2, 0) is 15.3 Å². The second kappa shape index (κ2) is 10.6. The van der Waals surface area contributed by atoms with Crippen LogP contribution < -0.4 is 5.32 Å². The van der Waals surface area contributed by atoms with Crippen molar-refractivity contribution in [2.75, 3.05) is 11.9 Å².